The number of piperidine rings is 1. The summed E-state index contributed by atoms with van der Waals surface area (Å²) in [6.45, 7) is 0.253. The summed E-state index contributed by atoms with van der Waals surface area (Å²) < 4.78 is 37.9. The van der Waals surface area contributed by atoms with Gasteiger partial charge in [0, 0.05) is 24.7 Å². The highest BCUT2D eigenvalue weighted by Gasteiger charge is 2.32. The molecule has 1 atom stereocenters. The summed E-state index contributed by atoms with van der Waals surface area (Å²) in [7, 11) is 0. The number of carbonyl (C=O) groups excluding carboxylic acids is 2. The molecule has 0 aromatic heterocycles. The predicted molar refractivity (Wildman–Crippen MR) is 69.4 cm³/mol. The van der Waals surface area contributed by atoms with Gasteiger partial charge in [-0.05, 0) is 24.6 Å². The number of nitrogens with two attached hydrogens (primary N) is 1. The number of halogens is 3. The number of amides is 2. The van der Waals surface area contributed by atoms with Gasteiger partial charge in [0.05, 0.1) is 11.1 Å². The molecule has 5 nitrogen and oxygen atoms in total. The van der Waals surface area contributed by atoms with Crippen molar-refractivity contribution in [1.29, 1.82) is 0 Å². The second-order valence-corrected chi connectivity index (χ2v) is 4.81. The van der Waals surface area contributed by atoms with Crippen LogP contribution in [-0.2, 0) is 11.0 Å². The first kappa shape index (κ1) is 15.1. The summed E-state index contributed by atoms with van der Waals surface area (Å²) in [6, 6.07) is 2.29. The van der Waals surface area contributed by atoms with Crippen LogP contribution in [0.25, 0.3) is 0 Å². The van der Waals surface area contributed by atoms with Crippen LogP contribution in [0.4, 0.5) is 18.9 Å². The van der Waals surface area contributed by atoms with Gasteiger partial charge in [-0.3, -0.25) is 9.59 Å². The van der Waals surface area contributed by atoms with E-state index < -0.39 is 17.6 Å². The SMILES string of the molecule is Nc1ccc(C(F)(F)F)cc1C(=O)NC1CCC(=O)NC1. The molecule has 2 rings (SSSR count). The summed E-state index contributed by atoms with van der Waals surface area (Å²) >= 11 is 0. The molecule has 1 saturated heterocycles. The topological polar surface area (TPSA) is 84.2 Å². The Bertz CT molecular complexity index is 562. The highest BCUT2D eigenvalue weighted by molar-refractivity contribution is 5.99. The van der Waals surface area contributed by atoms with E-state index in [1.807, 2.05) is 0 Å². The molecule has 1 aromatic carbocycles. The molecule has 1 aliphatic heterocycles. The molecular formula is C13H14F3N3O2. The average molecular weight is 301 g/mol. The molecule has 0 saturated carbocycles. The van der Waals surface area contributed by atoms with Crippen molar-refractivity contribution >= 4 is 17.5 Å². The van der Waals surface area contributed by atoms with Gasteiger partial charge < -0.3 is 16.4 Å². The molecule has 0 spiro atoms. The molecule has 1 fully saturated rings. The van der Waals surface area contributed by atoms with Crippen molar-refractivity contribution in [3.63, 3.8) is 0 Å². The van der Waals surface area contributed by atoms with Gasteiger partial charge in [-0.25, -0.2) is 0 Å². The normalized spacial score (nSPS) is 19.0. The third kappa shape index (κ3) is 3.65. The van der Waals surface area contributed by atoms with Crippen LogP contribution < -0.4 is 16.4 Å². The number of anilines is 1. The van der Waals surface area contributed by atoms with Gasteiger partial charge in [-0.1, -0.05) is 0 Å². The van der Waals surface area contributed by atoms with Crippen LogP contribution in [0.5, 0.6) is 0 Å². The molecule has 4 N–H and O–H groups in total. The van der Waals surface area contributed by atoms with Crippen LogP contribution in [-0.4, -0.2) is 24.4 Å². The molecule has 0 aliphatic carbocycles. The fourth-order valence-electron chi connectivity index (χ4n) is 2.05. The van der Waals surface area contributed by atoms with Gasteiger partial charge in [0.1, 0.15) is 0 Å². The van der Waals surface area contributed by atoms with Gasteiger partial charge in [0.15, 0.2) is 0 Å². The molecule has 0 radical (unpaired) electrons. The molecular weight excluding hydrogens is 287 g/mol. The number of benzene rings is 1. The number of carbonyl (C=O) groups is 2. The van der Waals surface area contributed by atoms with Crippen LogP contribution in [0, 0.1) is 0 Å². The lowest BCUT2D eigenvalue weighted by molar-refractivity contribution is -0.137. The third-order valence-electron chi connectivity index (χ3n) is 3.23. The number of nitrogen functional groups attached to an aromatic ring is 1. The lowest BCUT2D eigenvalue weighted by atomic mass is 10.0. The maximum Gasteiger partial charge on any atom is 0.416 e. The van der Waals surface area contributed by atoms with Crippen LogP contribution in [0.3, 0.4) is 0 Å². The van der Waals surface area contributed by atoms with Crippen molar-refractivity contribution < 1.29 is 22.8 Å². The van der Waals surface area contributed by atoms with Crippen molar-refractivity contribution in [2.75, 3.05) is 12.3 Å². The van der Waals surface area contributed by atoms with E-state index in [1.165, 1.54) is 0 Å². The Balaban J connectivity index is 2.13. The molecule has 0 bridgehead atoms. The van der Waals surface area contributed by atoms with Crippen LogP contribution in [0.15, 0.2) is 18.2 Å². The number of hydrogen-bond acceptors (Lipinski definition) is 3. The highest BCUT2D eigenvalue weighted by Crippen LogP contribution is 2.31. The Morgan fingerprint density at radius 3 is 2.67 bits per heavy atom. The Morgan fingerprint density at radius 2 is 2.10 bits per heavy atom. The van der Waals surface area contributed by atoms with E-state index in [0.29, 0.717) is 6.42 Å². The number of alkyl halides is 3. The van der Waals surface area contributed by atoms with Crippen molar-refractivity contribution in [3.8, 4) is 0 Å². The first-order valence-electron chi connectivity index (χ1n) is 6.31. The van der Waals surface area contributed by atoms with E-state index in [0.717, 1.165) is 18.2 Å². The van der Waals surface area contributed by atoms with E-state index in [2.05, 4.69) is 10.6 Å². The van der Waals surface area contributed by atoms with Crippen molar-refractivity contribution in [3.05, 3.63) is 29.3 Å². The highest BCUT2D eigenvalue weighted by atomic mass is 19.4. The molecule has 2 amide bonds. The van der Waals surface area contributed by atoms with E-state index in [9.17, 15) is 22.8 Å². The van der Waals surface area contributed by atoms with E-state index >= 15 is 0 Å². The fraction of sp³-hybridized carbons (Fsp3) is 0.385. The van der Waals surface area contributed by atoms with Crippen molar-refractivity contribution in [2.24, 2.45) is 0 Å². The predicted octanol–water partition coefficient (Wildman–Crippen LogP) is 1.30. The number of hydrogen-bond donors (Lipinski definition) is 3. The summed E-state index contributed by atoms with van der Waals surface area (Å²) in [6.07, 6.45) is -3.83. The second-order valence-electron chi connectivity index (χ2n) is 4.81. The summed E-state index contributed by atoms with van der Waals surface area (Å²) in [5.41, 5.74) is 4.38. The average Bonchev–Trinajstić information content (AvgIpc) is 2.40. The molecule has 1 aromatic rings. The van der Waals surface area contributed by atoms with Gasteiger partial charge >= 0.3 is 6.18 Å². The second kappa shape index (κ2) is 5.63. The Hall–Kier alpha value is -2.25. The minimum absolute atomic E-state index is 0.0275. The van der Waals surface area contributed by atoms with E-state index in [-0.39, 0.29) is 36.2 Å². The molecule has 21 heavy (non-hydrogen) atoms. The first-order valence-corrected chi connectivity index (χ1v) is 6.31. The molecule has 1 unspecified atom stereocenters. The summed E-state index contributed by atoms with van der Waals surface area (Å²) in [5, 5.41) is 5.15. The maximum absolute atomic E-state index is 12.6. The quantitative estimate of drug-likeness (QED) is 0.720. The molecule has 114 valence electrons. The standard InChI is InChI=1S/C13H14F3N3O2/c14-13(15,16)7-1-3-10(17)9(5-7)12(21)19-8-2-4-11(20)18-6-8/h1,3,5,8H,2,4,6,17H2,(H,18,20)(H,19,21). The fourth-order valence-corrected chi connectivity index (χ4v) is 2.05. The molecule has 1 aliphatic rings. The Morgan fingerprint density at radius 1 is 1.38 bits per heavy atom. The van der Waals surface area contributed by atoms with Gasteiger partial charge in [0.2, 0.25) is 5.91 Å². The first-order chi connectivity index (χ1) is 9.77. The van der Waals surface area contributed by atoms with Gasteiger partial charge in [-0.15, -0.1) is 0 Å². The zero-order valence-electron chi connectivity index (χ0n) is 11.0. The monoisotopic (exact) mass is 301 g/mol. The van der Waals surface area contributed by atoms with E-state index in [4.69, 9.17) is 5.73 Å². The van der Waals surface area contributed by atoms with Crippen molar-refractivity contribution in [2.45, 2.75) is 25.1 Å². The van der Waals surface area contributed by atoms with E-state index in [1.54, 1.807) is 0 Å². The lowest BCUT2D eigenvalue weighted by Crippen LogP contribution is -2.47. The van der Waals surface area contributed by atoms with Gasteiger partial charge in [-0.2, -0.15) is 13.2 Å². The zero-order chi connectivity index (χ0) is 15.6. The van der Waals surface area contributed by atoms with Crippen molar-refractivity contribution in [1.82, 2.24) is 10.6 Å². The minimum Gasteiger partial charge on any atom is -0.398 e. The zero-order valence-corrected chi connectivity index (χ0v) is 11.0. The Labute approximate surface area is 118 Å². The number of nitrogens with one attached hydrogen (secondary N) is 2. The lowest BCUT2D eigenvalue weighted by Gasteiger charge is -2.23. The smallest absolute Gasteiger partial charge is 0.398 e. The minimum atomic E-state index is -4.54. The summed E-state index contributed by atoms with van der Waals surface area (Å²) in [5.74, 6) is -0.793. The molecule has 8 heteroatoms. The largest absolute Gasteiger partial charge is 0.416 e. The maximum atomic E-state index is 12.6. The van der Waals surface area contributed by atoms with Crippen LogP contribution >= 0.6 is 0 Å². The van der Waals surface area contributed by atoms with Crippen LogP contribution in [0.2, 0.25) is 0 Å². The van der Waals surface area contributed by atoms with Gasteiger partial charge in [0.25, 0.3) is 5.91 Å². The third-order valence-corrected chi connectivity index (χ3v) is 3.23. The number of rotatable bonds is 2. The Kier molecular flexibility index (Phi) is 4.06. The summed E-state index contributed by atoms with van der Waals surface area (Å²) in [4.78, 5) is 23.0. The molecule has 1 heterocycles. The van der Waals surface area contributed by atoms with Crippen LogP contribution in [0.1, 0.15) is 28.8 Å².